The van der Waals surface area contributed by atoms with Crippen LogP contribution in [-0.4, -0.2) is 48.5 Å². The fourth-order valence-electron chi connectivity index (χ4n) is 2.70. The molecule has 2 rings (SSSR count). The summed E-state index contributed by atoms with van der Waals surface area (Å²) in [7, 11) is 0. The number of likely N-dealkylation sites (tertiary alicyclic amines) is 1. The first kappa shape index (κ1) is 18.8. The van der Waals surface area contributed by atoms with E-state index in [1.807, 2.05) is 30.3 Å². The number of amides is 3. The van der Waals surface area contributed by atoms with Crippen LogP contribution in [0.3, 0.4) is 0 Å². The summed E-state index contributed by atoms with van der Waals surface area (Å²) >= 11 is 0. The molecule has 0 radical (unpaired) electrons. The first-order valence-corrected chi connectivity index (χ1v) is 8.60. The van der Waals surface area contributed by atoms with Gasteiger partial charge < -0.3 is 20.3 Å². The SMILES string of the molecule is CCOC(=O)N1CCC(NC(=O)CC(=O)NCc2ccccc2)CC1. The van der Waals surface area contributed by atoms with Crippen molar-refractivity contribution in [2.45, 2.75) is 38.8 Å². The molecule has 0 spiro atoms. The Morgan fingerprint density at radius 2 is 1.80 bits per heavy atom. The molecule has 136 valence electrons. The van der Waals surface area contributed by atoms with Gasteiger partial charge in [-0.2, -0.15) is 0 Å². The van der Waals surface area contributed by atoms with E-state index in [1.54, 1.807) is 11.8 Å². The highest BCUT2D eigenvalue weighted by Crippen LogP contribution is 2.11. The second-order valence-electron chi connectivity index (χ2n) is 5.97. The minimum atomic E-state index is -0.312. The molecule has 7 nitrogen and oxygen atoms in total. The number of nitrogens with one attached hydrogen (secondary N) is 2. The van der Waals surface area contributed by atoms with E-state index in [2.05, 4.69) is 10.6 Å². The van der Waals surface area contributed by atoms with Crippen LogP contribution < -0.4 is 10.6 Å². The molecule has 1 aromatic carbocycles. The van der Waals surface area contributed by atoms with Gasteiger partial charge in [-0.1, -0.05) is 30.3 Å². The lowest BCUT2D eigenvalue weighted by atomic mass is 10.1. The number of benzene rings is 1. The van der Waals surface area contributed by atoms with Crippen LogP contribution in [0.15, 0.2) is 30.3 Å². The van der Waals surface area contributed by atoms with Gasteiger partial charge in [0.05, 0.1) is 6.61 Å². The van der Waals surface area contributed by atoms with Gasteiger partial charge in [0.2, 0.25) is 11.8 Å². The number of carbonyl (C=O) groups is 3. The predicted octanol–water partition coefficient (Wildman–Crippen LogP) is 1.43. The first-order chi connectivity index (χ1) is 12.1. The van der Waals surface area contributed by atoms with Crippen molar-refractivity contribution >= 4 is 17.9 Å². The Morgan fingerprint density at radius 1 is 1.12 bits per heavy atom. The number of nitrogens with zero attached hydrogens (tertiary/aromatic N) is 1. The van der Waals surface area contributed by atoms with E-state index >= 15 is 0 Å². The zero-order chi connectivity index (χ0) is 18.1. The van der Waals surface area contributed by atoms with Crippen LogP contribution in [0.5, 0.6) is 0 Å². The summed E-state index contributed by atoms with van der Waals surface area (Å²) in [6.45, 7) is 3.63. The molecule has 1 saturated heterocycles. The lowest BCUT2D eigenvalue weighted by molar-refractivity contribution is -0.129. The van der Waals surface area contributed by atoms with E-state index in [0.29, 0.717) is 39.1 Å². The molecule has 0 atom stereocenters. The van der Waals surface area contributed by atoms with Gasteiger partial charge in [-0.25, -0.2) is 4.79 Å². The van der Waals surface area contributed by atoms with Crippen LogP contribution in [0.2, 0.25) is 0 Å². The number of rotatable bonds is 6. The van der Waals surface area contributed by atoms with Crippen LogP contribution in [0.4, 0.5) is 4.79 Å². The molecule has 2 N–H and O–H groups in total. The summed E-state index contributed by atoms with van der Waals surface area (Å²) in [6, 6.07) is 9.52. The number of hydrogen-bond donors (Lipinski definition) is 2. The standard InChI is InChI=1S/C18H25N3O4/c1-2-25-18(24)21-10-8-15(9-11-21)20-17(23)12-16(22)19-13-14-6-4-3-5-7-14/h3-7,15H,2,8-13H2,1H3,(H,19,22)(H,20,23). The minimum Gasteiger partial charge on any atom is -0.450 e. The van der Waals surface area contributed by atoms with E-state index in [4.69, 9.17) is 4.74 Å². The number of piperidine rings is 1. The largest absolute Gasteiger partial charge is 0.450 e. The quantitative estimate of drug-likeness (QED) is 0.762. The van der Waals surface area contributed by atoms with Crippen molar-refractivity contribution in [3.63, 3.8) is 0 Å². The molecule has 0 aliphatic carbocycles. The zero-order valence-electron chi connectivity index (χ0n) is 14.5. The molecular formula is C18H25N3O4. The van der Waals surface area contributed by atoms with Gasteiger partial charge in [0, 0.05) is 25.7 Å². The number of ether oxygens (including phenoxy) is 1. The third-order valence-electron chi connectivity index (χ3n) is 4.04. The van der Waals surface area contributed by atoms with Crippen molar-refractivity contribution in [1.82, 2.24) is 15.5 Å². The topological polar surface area (TPSA) is 87.7 Å². The summed E-state index contributed by atoms with van der Waals surface area (Å²) in [4.78, 5) is 37.1. The maximum Gasteiger partial charge on any atom is 0.409 e. The van der Waals surface area contributed by atoms with Crippen molar-refractivity contribution in [1.29, 1.82) is 0 Å². The molecule has 1 fully saturated rings. The van der Waals surface area contributed by atoms with Gasteiger partial charge in [0.25, 0.3) is 0 Å². The molecule has 0 aromatic heterocycles. The molecule has 7 heteroatoms. The Bertz CT molecular complexity index is 583. The average molecular weight is 347 g/mol. The second-order valence-corrected chi connectivity index (χ2v) is 5.97. The Hall–Kier alpha value is -2.57. The van der Waals surface area contributed by atoms with Crippen molar-refractivity contribution in [3.05, 3.63) is 35.9 Å². The van der Waals surface area contributed by atoms with Gasteiger partial charge in [-0.05, 0) is 25.3 Å². The van der Waals surface area contributed by atoms with E-state index in [1.165, 1.54) is 0 Å². The molecule has 0 unspecified atom stereocenters. The van der Waals surface area contributed by atoms with E-state index in [9.17, 15) is 14.4 Å². The highest BCUT2D eigenvalue weighted by atomic mass is 16.6. The van der Waals surface area contributed by atoms with Gasteiger partial charge in [0.1, 0.15) is 6.42 Å². The highest BCUT2D eigenvalue weighted by Gasteiger charge is 2.24. The molecule has 0 saturated carbocycles. The minimum absolute atomic E-state index is 0.0138. The van der Waals surface area contributed by atoms with Crippen molar-refractivity contribution < 1.29 is 19.1 Å². The molecule has 3 amide bonds. The van der Waals surface area contributed by atoms with Gasteiger partial charge in [0.15, 0.2) is 0 Å². The van der Waals surface area contributed by atoms with E-state index in [-0.39, 0.29) is 30.4 Å². The zero-order valence-corrected chi connectivity index (χ0v) is 14.5. The first-order valence-electron chi connectivity index (χ1n) is 8.60. The molecule has 1 aromatic rings. The second kappa shape index (κ2) is 9.66. The maximum atomic E-state index is 12.0. The maximum absolute atomic E-state index is 12.0. The van der Waals surface area contributed by atoms with Gasteiger partial charge in [-0.3, -0.25) is 9.59 Å². The molecule has 0 bridgehead atoms. The van der Waals surface area contributed by atoms with E-state index < -0.39 is 0 Å². The fraction of sp³-hybridized carbons (Fsp3) is 0.500. The predicted molar refractivity (Wildman–Crippen MR) is 92.7 cm³/mol. The van der Waals surface area contributed by atoms with Crippen LogP contribution >= 0.6 is 0 Å². The molecule has 25 heavy (non-hydrogen) atoms. The lowest BCUT2D eigenvalue weighted by Gasteiger charge is -2.31. The monoisotopic (exact) mass is 347 g/mol. The van der Waals surface area contributed by atoms with Crippen LogP contribution in [-0.2, 0) is 20.9 Å². The highest BCUT2D eigenvalue weighted by molar-refractivity contribution is 5.96. The van der Waals surface area contributed by atoms with Crippen LogP contribution in [0.25, 0.3) is 0 Å². The van der Waals surface area contributed by atoms with Crippen molar-refractivity contribution in [2.75, 3.05) is 19.7 Å². The van der Waals surface area contributed by atoms with Gasteiger partial charge in [-0.15, -0.1) is 0 Å². The Kier molecular flexibility index (Phi) is 7.25. The summed E-state index contributed by atoms with van der Waals surface area (Å²) in [5, 5.41) is 5.59. The smallest absolute Gasteiger partial charge is 0.409 e. The third kappa shape index (κ3) is 6.45. The summed E-state index contributed by atoms with van der Waals surface area (Å²) < 4.78 is 4.96. The summed E-state index contributed by atoms with van der Waals surface area (Å²) in [5.74, 6) is -0.592. The fourth-order valence-corrected chi connectivity index (χ4v) is 2.70. The van der Waals surface area contributed by atoms with E-state index in [0.717, 1.165) is 5.56 Å². The van der Waals surface area contributed by atoms with Crippen molar-refractivity contribution in [2.24, 2.45) is 0 Å². The average Bonchev–Trinajstić information content (AvgIpc) is 2.61. The molecule has 1 heterocycles. The molecular weight excluding hydrogens is 322 g/mol. The molecule has 1 aliphatic heterocycles. The van der Waals surface area contributed by atoms with Crippen molar-refractivity contribution in [3.8, 4) is 0 Å². The normalized spacial score (nSPS) is 14.7. The van der Waals surface area contributed by atoms with Crippen LogP contribution in [0, 0.1) is 0 Å². The Balaban J connectivity index is 1.65. The number of carbonyl (C=O) groups excluding carboxylic acids is 3. The van der Waals surface area contributed by atoms with Gasteiger partial charge >= 0.3 is 6.09 Å². The summed E-state index contributed by atoms with van der Waals surface area (Å²) in [5.41, 5.74) is 0.989. The summed E-state index contributed by atoms with van der Waals surface area (Å²) in [6.07, 6.45) is 0.824. The lowest BCUT2D eigenvalue weighted by Crippen LogP contribution is -2.47. The molecule has 1 aliphatic rings. The third-order valence-corrected chi connectivity index (χ3v) is 4.04. The Morgan fingerprint density at radius 3 is 2.44 bits per heavy atom. The number of hydrogen-bond acceptors (Lipinski definition) is 4. The Labute approximate surface area is 147 Å². The van der Waals surface area contributed by atoms with Crippen LogP contribution in [0.1, 0.15) is 31.7 Å².